The van der Waals surface area contributed by atoms with Crippen LogP contribution in [0.25, 0.3) is 0 Å². The van der Waals surface area contributed by atoms with Gasteiger partial charge in [0.2, 0.25) is 15.8 Å². The number of rotatable bonds is 4. The van der Waals surface area contributed by atoms with Gasteiger partial charge >= 0.3 is 0 Å². The molecule has 0 saturated heterocycles. The summed E-state index contributed by atoms with van der Waals surface area (Å²) in [5.41, 5.74) is 2.20. The molecule has 158 valence electrons. The number of carbonyl (C=O) groups is 1. The van der Waals surface area contributed by atoms with Crippen molar-refractivity contribution >= 4 is 27.4 Å². The molecule has 0 fully saturated rings. The van der Waals surface area contributed by atoms with E-state index in [1.54, 1.807) is 42.6 Å². The number of fused-ring (bicyclic) bond motifs is 2. The number of hydrogen-bond donors (Lipinski definition) is 0. The summed E-state index contributed by atoms with van der Waals surface area (Å²) in [6.07, 6.45) is 1.56. The van der Waals surface area contributed by atoms with E-state index in [9.17, 15) is 13.2 Å². The van der Waals surface area contributed by atoms with Crippen LogP contribution in [0.1, 0.15) is 27.2 Å². The lowest BCUT2D eigenvalue weighted by molar-refractivity contribution is 0.103. The van der Waals surface area contributed by atoms with E-state index in [0.717, 1.165) is 11.1 Å². The molecule has 0 radical (unpaired) electrons. The van der Waals surface area contributed by atoms with Gasteiger partial charge in [0.15, 0.2) is 11.5 Å². The fraction of sp³-hybridized carbons (Fsp3) is 0.182. The zero-order chi connectivity index (χ0) is 21.6. The average molecular weight is 457 g/mol. The summed E-state index contributed by atoms with van der Waals surface area (Å²) in [5, 5.41) is 0.462. The van der Waals surface area contributed by atoms with E-state index in [2.05, 4.69) is 4.98 Å². The molecule has 7 nitrogen and oxygen atoms in total. The van der Waals surface area contributed by atoms with Crippen LogP contribution in [0.4, 0.5) is 0 Å². The molecule has 0 spiro atoms. The van der Waals surface area contributed by atoms with Gasteiger partial charge in [-0.1, -0.05) is 23.7 Å². The summed E-state index contributed by atoms with van der Waals surface area (Å²) in [5.74, 6) is 0.682. The molecule has 2 aliphatic rings. The number of carbonyl (C=O) groups excluding carboxylic acids is 1. The quantitative estimate of drug-likeness (QED) is 0.559. The normalized spacial score (nSPS) is 15.5. The van der Waals surface area contributed by atoms with Gasteiger partial charge in [0.25, 0.3) is 0 Å². The molecule has 3 aromatic rings. The Morgan fingerprint density at radius 2 is 1.74 bits per heavy atom. The van der Waals surface area contributed by atoms with Crippen LogP contribution in [-0.4, -0.2) is 36.7 Å². The van der Waals surface area contributed by atoms with Crippen LogP contribution in [0.15, 0.2) is 59.6 Å². The number of pyridine rings is 1. The highest BCUT2D eigenvalue weighted by Gasteiger charge is 2.32. The molecule has 0 bridgehead atoms. The summed E-state index contributed by atoms with van der Waals surface area (Å²) in [7, 11) is -3.76. The molecule has 9 heteroatoms. The van der Waals surface area contributed by atoms with E-state index in [1.807, 2.05) is 0 Å². The number of nitrogens with zero attached hydrogens (tertiary/aromatic N) is 2. The number of ketones is 1. The molecule has 0 atom stereocenters. The molecule has 2 aliphatic heterocycles. The minimum Gasteiger partial charge on any atom is -0.486 e. The third kappa shape index (κ3) is 3.67. The molecule has 3 heterocycles. The minimum absolute atomic E-state index is 0.132. The molecule has 5 rings (SSSR count). The fourth-order valence-corrected chi connectivity index (χ4v) is 5.26. The second-order valence-electron chi connectivity index (χ2n) is 7.26. The third-order valence-corrected chi connectivity index (χ3v) is 7.27. The van der Waals surface area contributed by atoms with Crippen molar-refractivity contribution < 1.29 is 22.7 Å². The van der Waals surface area contributed by atoms with Gasteiger partial charge in [0.05, 0.1) is 4.90 Å². The van der Waals surface area contributed by atoms with Gasteiger partial charge in [0, 0.05) is 35.9 Å². The number of benzene rings is 2. The standard InChI is InChI=1S/C22H17ClN2O5S/c23-17-3-1-2-14(8-17)22(26)19-9-15-12-25(13-16(15)11-24-19)31(27,28)18-4-5-20-21(10-18)30-7-6-29-20/h1-5,8-11H,6-7,12-13H2. The average Bonchev–Trinajstić information content (AvgIpc) is 3.22. The summed E-state index contributed by atoms with van der Waals surface area (Å²) >= 11 is 5.98. The lowest BCUT2D eigenvalue weighted by Crippen LogP contribution is -2.26. The van der Waals surface area contributed by atoms with Crippen LogP contribution in [0.5, 0.6) is 11.5 Å². The van der Waals surface area contributed by atoms with Crippen LogP contribution >= 0.6 is 11.6 Å². The van der Waals surface area contributed by atoms with Crippen molar-refractivity contribution in [3.05, 3.63) is 82.1 Å². The van der Waals surface area contributed by atoms with Crippen molar-refractivity contribution in [1.29, 1.82) is 0 Å². The van der Waals surface area contributed by atoms with Gasteiger partial charge in [-0.05, 0) is 41.5 Å². The molecule has 0 saturated carbocycles. The number of ether oxygens (including phenoxy) is 2. The minimum atomic E-state index is -3.76. The second kappa shape index (κ2) is 7.64. The molecule has 0 aliphatic carbocycles. The van der Waals surface area contributed by atoms with E-state index in [-0.39, 0.29) is 29.5 Å². The molecule has 2 aromatic carbocycles. The molecular weight excluding hydrogens is 440 g/mol. The van der Waals surface area contributed by atoms with E-state index in [1.165, 1.54) is 16.4 Å². The van der Waals surface area contributed by atoms with Crippen molar-refractivity contribution in [2.24, 2.45) is 0 Å². The first-order chi connectivity index (χ1) is 14.9. The SMILES string of the molecule is O=C(c1cccc(Cl)c1)c1cc2c(cn1)CN(S(=O)(=O)c1ccc3c(c1)OCCO3)C2. The van der Waals surface area contributed by atoms with E-state index >= 15 is 0 Å². The van der Waals surface area contributed by atoms with Crippen molar-refractivity contribution in [1.82, 2.24) is 9.29 Å². The Labute approximate surface area is 184 Å². The maximum absolute atomic E-state index is 13.2. The summed E-state index contributed by atoms with van der Waals surface area (Å²) < 4.78 is 38.7. The highest BCUT2D eigenvalue weighted by Crippen LogP contribution is 2.35. The maximum Gasteiger partial charge on any atom is 0.243 e. The number of sulfonamides is 1. The smallest absolute Gasteiger partial charge is 0.243 e. The fourth-order valence-electron chi connectivity index (χ4n) is 3.66. The number of aromatic nitrogens is 1. The van der Waals surface area contributed by atoms with Gasteiger partial charge in [-0.2, -0.15) is 4.31 Å². The number of hydrogen-bond acceptors (Lipinski definition) is 6. The number of halogens is 1. The van der Waals surface area contributed by atoms with Crippen molar-refractivity contribution in [2.75, 3.05) is 13.2 Å². The monoisotopic (exact) mass is 456 g/mol. The van der Waals surface area contributed by atoms with Gasteiger partial charge in [-0.15, -0.1) is 0 Å². The highest BCUT2D eigenvalue weighted by molar-refractivity contribution is 7.89. The Morgan fingerprint density at radius 1 is 0.968 bits per heavy atom. The maximum atomic E-state index is 13.2. The Balaban J connectivity index is 1.41. The van der Waals surface area contributed by atoms with Gasteiger partial charge in [-0.25, -0.2) is 8.42 Å². The molecule has 1 aromatic heterocycles. The largest absolute Gasteiger partial charge is 0.486 e. The van der Waals surface area contributed by atoms with E-state index in [0.29, 0.717) is 35.3 Å². The van der Waals surface area contributed by atoms with Gasteiger partial charge < -0.3 is 9.47 Å². The van der Waals surface area contributed by atoms with Gasteiger partial charge in [-0.3, -0.25) is 9.78 Å². The summed E-state index contributed by atoms with van der Waals surface area (Å²) in [6.45, 7) is 1.15. The summed E-state index contributed by atoms with van der Waals surface area (Å²) in [4.78, 5) is 17.1. The Bertz CT molecular complexity index is 1310. The first-order valence-electron chi connectivity index (χ1n) is 9.60. The van der Waals surface area contributed by atoms with Crippen molar-refractivity contribution in [3.8, 4) is 11.5 Å². The van der Waals surface area contributed by atoms with Gasteiger partial charge in [0.1, 0.15) is 18.9 Å². The van der Waals surface area contributed by atoms with Crippen LogP contribution in [0.3, 0.4) is 0 Å². The van der Waals surface area contributed by atoms with Crippen LogP contribution in [-0.2, 0) is 23.1 Å². The van der Waals surface area contributed by atoms with E-state index in [4.69, 9.17) is 21.1 Å². The lowest BCUT2D eigenvalue weighted by Gasteiger charge is -2.20. The molecule has 0 unspecified atom stereocenters. The lowest BCUT2D eigenvalue weighted by atomic mass is 10.1. The molecule has 31 heavy (non-hydrogen) atoms. The third-order valence-electron chi connectivity index (χ3n) is 5.25. The second-order valence-corrected chi connectivity index (χ2v) is 9.63. The molecular formula is C22H17ClN2O5S. The molecule has 0 N–H and O–H groups in total. The first-order valence-corrected chi connectivity index (χ1v) is 11.4. The van der Waals surface area contributed by atoms with Crippen LogP contribution < -0.4 is 9.47 Å². The highest BCUT2D eigenvalue weighted by atomic mass is 35.5. The van der Waals surface area contributed by atoms with Crippen LogP contribution in [0, 0.1) is 0 Å². The first kappa shape index (κ1) is 20.0. The topological polar surface area (TPSA) is 85.8 Å². The zero-order valence-corrected chi connectivity index (χ0v) is 17.8. The summed E-state index contributed by atoms with van der Waals surface area (Å²) in [6, 6.07) is 12.9. The Morgan fingerprint density at radius 3 is 2.55 bits per heavy atom. The van der Waals surface area contributed by atoms with E-state index < -0.39 is 10.0 Å². The van der Waals surface area contributed by atoms with Crippen LogP contribution in [0.2, 0.25) is 5.02 Å². The zero-order valence-electron chi connectivity index (χ0n) is 16.2. The predicted molar refractivity (Wildman–Crippen MR) is 113 cm³/mol. The predicted octanol–water partition coefficient (Wildman–Crippen LogP) is 3.44. The van der Waals surface area contributed by atoms with Crippen molar-refractivity contribution in [2.45, 2.75) is 18.0 Å². The van der Waals surface area contributed by atoms with Crippen molar-refractivity contribution in [3.63, 3.8) is 0 Å². The Hall–Kier alpha value is -2.94. The Kier molecular flexibility index (Phi) is 4.92. The molecule has 0 amide bonds.